The van der Waals surface area contributed by atoms with Crippen LogP contribution in [0.15, 0.2) is 79.0 Å². The summed E-state index contributed by atoms with van der Waals surface area (Å²) in [5, 5.41) is 10.3. The van der Waals surface area contributed by atoms with E-state index in [2.05, 4.69) is 63.0 Å². The van der Waals surface area contributed by atoms with Gasteiger partial charge < -0.3 is 21.5 Å². The number of aliphatic hydroxyl groups excluding tert-OH is 1. The summed E-state index contributed by atoms with van der Waals surface area (Å²) in [5.41, 5.74) is 20.3. The molecule has 42 heavy (non-hydrogen) atoms. The lowest BCUT2D eigenvalue weighted by Crippen LogP contribution is -2.44. The molecule has 3 aromatic heterocycles. The Hall–Kier alpha value is -4.27. The minimum Gasteiger partial charge on any atom is -0.393 e. The summed E-state index contributed by atoms with van der Waals surface area (Å²) < 4.78 is 2.08. The highest BCUT2D eigenvalue weighted by molar-refractivity contribution is 5.85. The molecule has 2 aromatic carbocycles. The monoisotopic (exact) mass is 557 g/mol. The van der Waals surface area contributed by atoms with Crippen LogP contribution in [-0.2, 0) is 5.54 Å². The van der Waals surface area contributed by atoms with Gasteiger partial charge in [0.15, 0.2) is 11.5 Å². The van der Waals surface area contributed by atoms with Gasteiger partial charge in [-0.25, -0.2) is 15.0 Å². The van der Waals surface area contributed by atoms with Crippen LogP contribution in [0, 0.1) is 0 Å². The standard InChI is InChI=1S/C34H35N7O/c35-31-28(6-2-17-37-31)32-39-30-14-13-29(21-4-1-5-24(18-21)40-25-11-12-26(40)20-27(42)19-25)38-33(30)41(32)23-9-7-22(8-10-23)34(36)15-3-16-34/h1-2,4-10,13-14,17-18,25-27,42H,3,11-12,15-16,19-20,36H2,(H2,35,37)/t25-,26+,27?. The van der Waals surface area contributed by atoms with E-state index in [1.807, 2.05) is 24.3 Å². The average molecular weight is 558 g/mol. The van der Waals surface area contributed by atoms with Crippen LogP contribution in [0.1, 0.15) is 50.5 Å². The van der Waals surface area contributed by atoms with Crippen molar-refractivity contribution in [1.82, 2.24) is 19.5 Å². The average Bonchev–Trinajstić information content (AvgIpc) is 3.50. The molecule has 5 N–H and O–H groups in total. The molecule has 0 radical (unpaired) electrons. The molecule has 5 heterocycles. The zero-order valence-electron chi connectivity index (χ0n) is 23.5. The molecule has 3 atom stereocenters. The van der Waals surface area contributed by atoms with Gasteiger partial charge in [0.2, 0.25) is 0 Å². The van der Waals surface area contributed by atoms with E-state index in [4.69, 9.17) is 21.4 Å². The number of aromatic nitrogens is 4. The Bertz CT molecular complexity index is 1780. The first-order chi connectivity index (χ1) is 20.5. The number of nitrogens with two attached hydrogens (primary N) is 2. The highest BCUT2D eigenvalue weighted by Gasteiger charge is 2.40. The highest BCUT2D eigenvalue weighted by atomic mass is 16.3. The molecule has 8 heteroatoms. The molecule has 1 saturated carbocycles. The summed E-state index contributed by atoms with van der Waals surface area (Å²) in [6, 6.07) is 25.8. The van der Waals surface area contributed by atoms with E-state index in [-0.39, 0.29) is 11.6 Å². The minimum absolute atomic E-state index is 0.187. The molecule has 8 rings (SSSR count). The van der Waals surface area contributed by atoms with Crippen molar-refractivity contribution in [1.29, 1.82) is 0 Å². The van der Waals surface area contributed by atoms with E-state index < -0.39 is 0 Å². The van der Waals surface area contributed by atoms with Crippen LogP contribution in [0.5, 0.6) is 0 Å². The van der Waals surface area contributed by atoms with Gasteiger partial charge in [-0.05, 0) is 99.0 Å². The molecule has 1 aliphatic carbocycles. The number of rotatable bonds is 5. The Labute approximate surface area is 245 Å². The predicted octanol–water partition coefficient (Wildman–Crippen LogP) is 5.56. The molecule has 2 saturated heterocycles. The van der Waals surface area contributed by atoms with Crippen molar-refractivity contribution in [3.8, 4) is 28.3 Å². The predicted molar refractivity (Wildman–Crippen MR) is 166 cm³/mol. The molecule has 0 spiro atoms. The topological polar surface area (TPSA) is 119 Å². The lowest BCUT2D eigenvalue weighted by molar-refractivity contribution is 0.126. The van der Waals surface area contributed by atoms with Gasteiger partial charge in [0, 0.05) is 40.8 Å². The molecule has 212 valence electrons. The third-order valence-corrected chi connectivity index (χ3v) is 9.68. The fourth-order valence-electron chi connectivity index (χ4n) is 7.33. The maximum Gasteiger partial charge on any atom is 0.165 e. The first-order valence-electron chi connectivity index (χ1n) is 15.0. The van der Waals surface area contributed by atoms with Crippen molar-refractivity contribution in [2.75, 3.05) is 10.6 Å². The van der Waals surface area contributed by atoms with Crippen molar-refractivity contribution in [2.45, 2.75) is 68.7 Å². The van der Waals surface area contributed by atoms with E-state index in [1.54, 1.807) is 6.20 Å². The van der Waals surface area contributed by atoms with Gasteiger partial charge >= 0.3 is 0 Å². The maximum absolute atomic E-state index is 10.3. The van der Waals surface area contributed by atoms with Crippen LogP contribution in [0.25, 0.3) is 39.5 Å². The van der Waals surface area contributed by atoms with Crippen LogP contribution < -0.4 is 16.4 Å². The van der Waals surface area contributed by atoms with Gasteiger partial charge in [0.25, 0.3) is 0 Å². The van der Waals surface area contributed by atoms with Crippen molar-refractivity contribution in [3.63, 3.8) is 0 Å². The molecular weight excluding hydrogens is 522 g/mol. The van der Waals surface area contributed by atoms with Crippen molar-refractivity contribution in [3.05, 3.63) is 84.6 Å². The number of aliphatic hydroxyl groups is 1. The zero-order chi connectivity index (χ0) is 28.4. The Morgan fingerprint density at radius 1 is 0.857 bits per heavy atom. The molecule has 3 fully saturated rings. The second-order valence-corrected chi connectivity index (χ2v) is 12.3. The van der Waals surface area contributed by atoms with Crippen molar-refractivity contribution >= 4 is 22.7 Å². The van der Waals surface area contributed by atoms with Gasteiger partial charge in [-0.15, -0.1) is 0 Å². The number of anilines is 2. The summed E-state index contributed by atoms with van der Waals surface area (Å²) >= 11 is 0. The van der Waals surface area contributed by atoms with E-state index >= 15 is 0 Å². The minimum atomic E-state index is -0.228. The second kappa shape index (κ2) is 9.64. The smallest absolute Gasteiger partial charge is 0.165 e. The van der Waals surface area contributed by atoms with E-state index in [0.29, 0.717) is 23.7 Å². The van der Waals surface area contributed by atoms with E-state index in [1.165, 1.54) is 12.1 Å². The third-order valence-electron chi connectivity index (χ3n) is 9.68. The summed E-state index contributed by atoms with van der Waals surface area (Å²) in [5.74, 6) is 1.13. The van der Waals surface area contributed by atoms with Gasteiger partial charge in [-0.2, -0.15) is 0 Å². The van der Waals surface area contributed by atoms with Crippen LogP contribution in [0.3, 0.4) is 0 Å². The van der Waals surface area contributed by atoms with E-state index in [9.17, 15) is 5.11 Å². The Morgan fingerprint density at radius 2 is 1.64 bits per heavy atom. The molecule has 8 nitrogen and oxygen atoms in total. The van der Waals surface area contributed by atoms with Gasteiger partial charge in [0.1, 0.15) is 11.3 Å². The first kappa shape index (κ1) is 25.4. The lowest BCUT2D eigenvalue weighted by Gasteiger charge is -2.39. The largest absolute Gasteiger partial charge is 0.393 e. The highest BCUT2D eigenvalue weighted by Crippen LogP contribution is 2.41. The fraction of sp³-hybridized carbons (Fsp3) is 0.324. The number of nitrogens with zero attached hydrogens (tertiary/aromatic N) is 5. The Balaban J connectivity index is 1.24. The summed E-state index contributed by atoms with van der Waals surface area (Å²) in [4.78, 5) is 17.1. The van der Waals surface area contributed by atoms with Crippen LogP contribution in [-0.4, -0.2) is 42.8 Å². The number of imidazole rings is 1. The molecule has 3 aliphatic rings. The van der Waals surface area contributed by atoms with Gasteiger partial charge in [0.05, 0.1) is 17.4 Å². The number of fused-ring (bicyclic) bond motifs is 3. The van der Waals surface area contributed by atoms with Crippen LogP contribution in [0.4, 0.5) is 11.5 Å². The van der Waals surface area contributed by atoms with Crippen molar-refractivity contribution < 1.29 is 5.11 Å². The molecule has 2 bridgehead atoms. The molecule has 5 aromatic rings. The van der Waals surface area contributed by atoms with Gasteiger partial charge in [-0.1, -0.05) is 24.3 Å². The summed E-state index contributed by atoms with van der Waals surface area (Å²) in [6.07, 6.45) is 8.67. The fourth-order valence-corrected chi connectivity index (χ4v) is 7.33. The third kappa shape index (κ3) is 4.08. The zero-order valence-corrected chi connectivity index (χ0v) is 23.5. The summed E-state index contributed by atoms with van der Waals surface area (Å²) in [6.45, 7) is 0. The maximum atomic E-state index is 10.3. The summed E-state index contributed by atoms with van der Waals surface area (Å²) in [7, 11) is 0. The number of pyridine rings is 2. The number of hydrogen-bond acceptors (Lipinski definition) is 7. The molecule has 0 amide bonds. The Morgan fingerprint density at radius 3 is 2.36 bits per heavy atom. The first-order valence-corrected chi connectivity index (χ1v) is 15.0. The number of nitrogen functional groups attached to an aromatic ring is 1. The Kier molecular flexibility index (Phi) is 5.84. The molecule has 2 aliphatic heterocycles. The lowest BCUT2D eigenvalue weighted by atomic mass is 9.73. The normalized spacial score (nSPS) is 22.8. The second-order valence-electron chi connectivity index (χ2n) is 12.3. The SMILES string of the molecule is Nc1ncccc1-c1nc2ccc(-c3cccc(N4[C@@H]5CC[C@H]4CC(O)C5)c3)nc2n1-c1ccc(C2(N)CCC2)cc1. The van der Waals surface area contributed by atoms with E-state index in [0.717, 1.165) is 77.8 Å². The molecule has 1 unspecified atom stereocenters. The van der Waals surface area contributed by atoms with Crippen LogP contribution >= 0.6 is 0 Å². The molecular formula is C34H35N7O. The number of benzene rings is 2. The quantitative estimate of drug-likeness (QED) is 0.259. The van der Waals surface area contributed by atoms with Gasteiger partial charge in [-0.3, -0.25) is 4.57 Å². The van der Waals surface area contributed by atoms with Crippen molar-refractivity contribution in [2.24, 2.45) is 5.73 Å². The van der Waals surface area contributed by atoms with Crippen LogP contribution in [0.2, 0.25) is 0 Å². The number of piperidine rings is 1. The number of hydrogen-bond donors (Lipinski definition) is 3.